The van der Waals surface area contributed by atoms with Gasteiger partial charge in [-0.05, 0) is 54.6 Å². The Labute approximate surface area is 206 Å². The van der Waals surface area contributed by atoms with Crippen LogP contribution in [0.5, 0.6) is 0 Å². The molecule has 1 aromatic carbocycles. The summed E-state index contributed by atoms with van der Waals surface area (Å²) in [7, 11) is 0. The van der Waals surface area contributed by atoms with Crippen molar-refractivity contribution < 1.29 is 9.13 Å². The largest absolute Gasteiger partial charge is 0.378 e. The van der Waals surface area contributed by atoms with Crippen LogP contribution in [0.3, 0.4) is 0 Å². The summed E-state index contributed by atoms with van der Waals surface area (Å²) >= 11 is 9.19. The van der Waals surface area contributed by atoms with Crippen molar-refractivity contribution in [2.75, 3.05) is 35.9 Å². The molecule has 1 saturated carbocycles. The molecule has 5 rings (SSSR count). The summed E-state index contributed by atoms with van der Waals surface area (Å²) in [5.41, 5.74) is 2.14. The van der Waals surface area contributed by atoms with Crippen LogP contribution in [-0.2, 0) is 4.74 Å². The van der Waals surface area contributed by atoms with Crippen molar-refractivity contribution in [1.29, 1.82) is 0 Å². The molecule has 2 aliphatic rings. The Morgan fingerprint density at radius 3 is 2.73 bits per heavy atom. The number of nitrogens with one attached hydrogen (secondary N) is 1. The minimum Gasteiger partial charge on any atom is -0.378 e. The van der Waals surface area contributed by atoms with Crippen LogP contribution in [0.2, 0.25) is 5.28 Å². The van der Waals surface area contributed by atoms with E-state index in [1.165, 1.54) is 43.4 Å². The monoisotopic (exact) mass is 505 g/mol. The van der Waals surface area contributed by atoms with Gasteiger partial charge in [0.05, 0.1) is 35.2 Å². The highest BCUT2D eigenvalue weighted by Crippen LogP contribution is 2.42. The van der Waals surface area contributed by atoms with Crippen LogP contribution in [0, 0.1) is 5.82 Å². The standard InChI is InChI=1S/C23H25ClFN5OS2/c24-22-26-10-9-18(27-22)21-20(28-23(32-21)30-11-13-31-14-12-30)16-7-4-8-17(19(16)25)29-33-15-5-2-1-3-6-15/h4,7-10,15,29H,1-3,5-6,11-14H2. The molecule has 0 amide bonds. The fourth-order valence-electron chi connectivity index (χ4n) is 4.14. The van der Waals surface area contributed by atoms with E-state index in [1.54, 1.807) is 36.3 Å². The van der Waals surface area contributed by atoms with Crippen molar-refractivity contribution >= 4 is 45.7 Å². The normalized spacial score (nSPS) is 17.3. The summed E-state index contributed by atoms with van der Waals surface area (Å²) in [4.78, 5) is 16.2. The number of thiazole rings is 1. The van der Waals surface area contributed by atoms with E-state index in [0.717, 1.165) is 23.1 Å². The fraction of sp³-hybridized carbons (Fsp3) is 0.435. The van der Waals surface area contributed by atoms with Crippen molar-refractivity contribution in [2.45, 2.75) is 37.4 Å². The predicted octanol–water partition coefficient (Wildman–Crippen LogP) is 6.29. The van der Waals surface area contributed by atoms with E-state index in [0.29, 0.717) is 41.1 Å². The maximum atomic E-state index is 15.7. The maximum Gasteiger partial charge on any atom is 0.222 e. The zero-order valence-electron chi connectivity index (χ0n) is 18.1. The zero-order valence-corrected chi connectivity index (χ0v) is 20.5. The van der Waals surface area contributed by atoms with Gasteiger partial charge >= 0.3 is 0 Å². The quantitative estimate of drug-likeness (QED) is 0.312. The first-order chi connectivity index (χ1) is 16.2. The molecule has 0 bridgehead atoms. The van der Waals surface area contributed by atoms with Crippen LogP contribution in [0.4, 0.5) is 15.2 Å². The topological polar surface area (TPSA) is 63.2 Å². The molecule has 1 N–H and O–H groups in total. The predicted molar refractivity (Wildman–Crippen MR) is 135 cm³/mol. The number of hydrogen-bond acceptors (Lipinski definition) is 8. The number of ether oxygens (including phenoxy) is 1. The lowest BCUT2D eigenvalue weighted by atomic mass is 10.0. The summed E-state index contributed by atoms with van der Waals surface area (Å²) in [6, 6.07) is 7.21. The number of rotatable bonds is 6. The van der Waals surface area contributed by atoms with Gasteiger partial charge in [-0.25, -0.2) is 19.3 Å². The average molecular weight is 506 g/mol. The number of aromatic nitrogens is 3. The highest BCUT2D eigenvalue weighted by Gasteiger charge is 2.24. The molecular weight excluding hydrogens is 481 g/mol. The summed E-state index contributed by atoms with van der Waals surface area (Å²) in [5, 5.41) is 1.50. The summed E-state index contributed by atoms with van der Waals surface area (Å²) < 4.78 is 24.5. The number of nitrogens with zero attached hydrogens (tertiary/aromatic N) is 4. The van der Waals surface area contributed by atoms with E-state index in [2.05, 4.69) is 19.6 Å². The molecule has 0 atom stereocenters. The van der Waals surface area contributed by atoms with E-state index < -0.39 is 0 Å². The Kier molecular flexibility index (Phi) is 7.30. The molecule has 2 aromatic heterocycles. The lowest BCUT2D eigenvalue weighted by Crippen LogP contribution is -2.36. The van der Waals surface area contributed by atoms with Crippen LogP contribution in [0.1, 0.15) is 32.1 Å². The van der Waals surface area contributed by atoms with E-state index in [9.17, 15) is 0 Å². The molecule has 1 aliphatic carbocycles. The molecule has 6 nitrogen and oxygen atoms in total. The molecule has 2 fully saturated rings. The molecule has 0 spiro atoms. The third-order valence-electron chi connectivity index (χ3n) is 5.90. The molecule has 1 saturated heterocycles. The summed E-state index contributed by atoms with van der Waals surface area (Å²) in [6.45, 7) is 2.80. The molecule has 0 unspecified atom stereocenters. The van der Waals surface area contributed by atoms with E-state index in [4.69, 9.17) is 21.3 Å². The first kappa shape index (κ1) is 22.8. The van der Waals surface area contributed by atoms with Gasteiger partial charge in [-0.15, -0.1) is 0 Å². The van der Waals surface area contributed by atoms with Gasteiger partial charge in [0, 0.05) is 30.1 Å². The second-order valence-electron chi connectivity index (χ2n) is 8.13. The van der Waals surface area contributed by atoms with Gasteiger partial charge in [0.25, 0.3) is 0 Å². The van der Waals surface area contributed by atoms with Crippen molar-refractivity contribution in [2.24, 2.45) is 0 Å². The van der Waals surface area contributed by atoms with Crippen LogP contribution < -0.4 is 9.62 Å². The summed E-state index contributed by atoms with van der Waals surface area (Å²) in [6.07, 6.45) is 7.74. The van der Waals surface area contributed by atoms with Gasteiger partial charge in [0.1, 0.15) is 0 Å². The van der Waals surface area contributed by atoms with Gasteiger partial charge in [-0.3, -0.25) is 0 Å². The smallest absolute Gasteiger partial charge is 0.222 e. The number of hydrogen-bond donors (Lipinski definition) is 1. The molecule has 3 heterocycles. The lowest BCUT2D eigenvalue weighted by Gasteiger charge is -2.26. The molecule has 1 aliphatic heterocycles. The Morgan fingerprint density at radius 2 is 1.94 bits per heavy atom. The molecule has 3 aromatic rings. The minimum atomic E-state index is -0.305. The number of anilines is 2. The Hall–Kier alpha value is -1.94. The summed E-state index contributed by atoms with van der Waals surface area (Å²) in [5.74, 6) is -0.305. The maximum absolute atomic E-state index is 15.7. The van der Waals surface area contributed by atoms with Gasteiger partial charge in [-0.2, -0.15) is 0 Å². The lowest BCUT2D eigenvalue weighted by molar-refractivity contribution is 0.122. The average Bonchev–Trinajstić information content (AvgIpc) is 3.30. The second-order valence-corrected chi connectivity index (χ2v) is 10.6. The van der Waals surface area contributed by atoms with E-state index >= 15 is 4.39 Å². The highest BCUT2D eigenvalue weighted by molar-refractivity contribution is 8.01. The van der Waals surface area contributed by atoms with E-state index in [1.807, 2.05) is 6.07 Å². The van der Waals surface area contributed by atoms with Crippen molar-refractivity contribution in [1.82, 2.24) is 15.0 Å². The molecular formula is C23H25ClFN5OS2. The van der Waals surface area contributed by atoms with Gasteiger partial charge < -0.3 is 14.4 Å². The Bertz CT molecular complexity index is 1100. The van der Waals surface area contributed by atoms with Crippen molar-refractivity contribution in [3.05, 3.63) is 41.6 Å². The fourth-order valence-corrected chi connectivity index (χ4v) is 6.41. The third kappa shape index (κ3) is 5.26. The van der Waals surface area contributed by atoms with Crippen LogP contribution in [-0.4, -0.2) is 46.5 Å². The third-order valence-corrected chi connectivity index (χ3v) is 8.36. The van der Waals surface area contributed by atoms with Gasteiger partial charge in [0.15, 0.2) is 10.9 Å². The Morgan fingerprint density at radius 1 is 1.12 bits per heavy atom. The van der Waals surface area contributed by atoms with Gasteiger partial charge in [-0.1, -0.05) is 36.7 Å². The van der Waals surface area contributed by atoms with Crippen LogP contribution in [0.15, 0.2) is 30.5 Å². The number of benzene rings is 1. The van der Waals surface area contributed by atoms with Gasteiger partial charge in [0.2, 0.25) is 5.28 Å². The van der Waals surface area contributed by atoms with Crippen molar-refractivity contribution in [3.8, 4) is 21.8 Å². The minimum absolute atomic E-state index is 0.152. The SMILES string of the molecule is Fc1c(NSC2CCCCC2)cccc1-c1nc(N2CCOCC2)sc1-c1ccnc(Cl)n1. The van der Waals surface area contributed by atoms with E-state index in [-0.39, 0.29) is 11.1 Å². The van der Waals surface area contributed by atoms with Crippen LogP contribution >= 0.6 is 34.9 Å². The van der Waals surface area contributed by atoms with Crippen LogP contribution in [0.25, 0.3) is 21.8 Å². The number of halogens is 2. The highest BCUT2D eigenvalue weighted by atomic mass is 35.5. The molecule has 174 valence electrons. The van der Waals surface area contributed by atoms with Crippen molar-refractivity contribution in [3.63, 3.8) is 0 Å². The first-order valence-corrected chi connectivity index (χ1v) is 13.3. The first-order valence-electron chi connectivity index (χ1n) is 11.2. The molecule has 0 radical (unpaired) electrons. The zero-order chi connectivity index (χ0) is 22.6. The molecule has 10 heteroatoms. The number of morpholine rings is 1. The second kappa shape index (κ2) is 10.5. The molecule has 33 heavy (non-hydrogen) atoms. The Balaban J connectivity index is 1.50.